The highest BCUT2D eigenvalue weighted by Gasteiger charge is 2.33. The fraction of sp³-hybridized carbons (Fsp3) is 0. The minimum absolute atomic E-state index is 0.451. The molecule has 0 atom stereocenters. The van der Waals surface area contributed by atoms with E-state index >= 15 is 0 Å². The minimum atomic E-state index is -0.451. The summed E-state index contributed by atoms with van der Waals surface area (Å²) in [4.78, 5) is 23.9. The highest BCUT2D eigenvalue weighted by molar-refractivity contribution is 9.13. The van der Waals surface area contributed by atoms with Gasteiger partial charge >= 0.3 is 0 Å². The molecule has 0 N–H and O–H groups in total. The van der Waals surface area contributed by atoms with Crippen LogP contribution in [0.15, 0.2) is 30.0 Å². The van der Waals surface area contributed by atoms with Crippen molar-refractivity contribution in [2.75, 3.05) is 0 Å². The van der Waals surface area contributed by atoms with E-state index in [0.717, 1.165) is 23.3 Å². The van der Waals surface area contributed by atoms with Crippen LogP contribution >= 0.6 is 63.7 Å². The summed E-state index contributed by atoms with van der Waals surface area (Å²) in [6, 6.07) is 3.37. The molecule has 0 heterocycles. The molecule has 1 aliphatic rings. The molecule has 0 aliphatic heterocycles. The first-order valence-corrected chi connectivity index (χ1v) is 7.99. The third kappa shape index (κ3) is 1.55. The zero-order chi connectivity index (χ0) is 13.2. The summed E-state index contributed by atoms with van der Waals surface area (Å²) >= 11 is 13.7. The zero-order valence-electron chi connectivity index (χ0n) is 8.48. The van der Waals surface area contributed by atoms with Gasteiger partial charge in [0.2, 0.25) is 11.6 Å². The van der Waals surface area contributed by atoms with Crippen LogP contribution in [0.5, 0.6) is 0 Å². The molecular formula is C12H2Br4O2. The molecule has 6 heteroatoms. The average Bonchev–Trinajstić information content (AvgIpc) is 2.55. The van der Waals surface area contributed by atoms with E-state index in [1.165, 1.54) is 0 Å². The molecule has 2 aromatic rings. The molecule has 0 aromatic heterocycles. The summed E-state index contributed by atoms with van der Waals surface area (Å²) < 4.78 is 3.13. The molecule has 0 spiro atoms. The van der Waals surface area contributed by atoms with Crippen LogP contribution in [-0.2, 0) is 0 Å². The summed E-state index contributed by atoms with van der Waals surface area (Å²) in [6.07, 6.45) is 0. The van der Waals surface area contributed by atoms with Crippen LogP contribution in [0.2, 0.25) is 0 Å². The lowest BCUT2D eigenvalue weighted by Crippen LogP contribution is -2.06. The van der Waals surface area contributed by atoms with Gasteiger partial charge in [-0.1, -0.05) is 0 Å². The fourth-order valence-corrected chi connectivity index (χ4v) is 4.24. The van der Waals surface area contributed by atoms with E-state index in [2.05, 4.69) is 63.7 Å². The lowest BCUT2D eigenvalue weighted by molar-refractivity contribution is 0.0825. The smallest absolute Gasteiger partial charge is 0.234 e. The maximum atomic E-state index is 11.9. The Balaban J connectivity index is 2.68. The summed E-state index contributed by atoms with van der Waals surface area (Å²) in [6.45, 7) is 0. The molecule has 0 radical (unpaired) electrons. The van der Waals surface area contributed by atoms with Gasteiger partial charge in [0.15, 0.2) is 0 Å². The SMILES string of the molecule is O=C1C(=O)c2cc(Br)c(Br)c3c(Br)c(Br)cc1c23. The monoisotopic (exact) mass is 494 g/mol. The molecule has 0 bridgehead atoms. The van der Waals surface area contributed by atoms with Crippen LogP contribution < -0.4 is 0 Å². The normalized spacial score (nSPS) is 13.8. The van der Waals surface area contributed by atoms with Gasteiger partial charge in [0.25, 0.3) is 0 Å². The predicted molar refractivity (Wildman–Crippen MR) is 83.4 cm³/mol. The third-order valence-electron chi connectivity index (χ3n) is 2.88. The first-order valence-electron chi connectivity index (χ1n) is 4.82. The first-order chi connectivity index (χ1) is 8.43. The van der Waals surface area contributed by atoms with Gasteiger partial charge < -0.3 is 0 Å². The Hall–Kier alpha value is -0.0400. The van der Waals surface area contributed by atoms with E-state index in [0.29, 0.717) is 16.5 Å². The molecule has 0 unspecified atom stereocenters. The Morgan fingerprint density at radius 2 is 1.06 bits per heavy atom. The van der Waals surface area contributed by atoms with E-state index in [-0.39, 0.29) is 0 Å². The maximum Gasteiger partial charge on any atom is 0.234 e. The molecule has 0 fully saturated rings. The highest BCUT2D eigenvalue weighted by Crippen LogP contribution is 2.45. The van der Waals surface area contributed by atoms with Gasteiger partial charge in [0, 0.05) is 39.8 Å². The molecule has 1 aliphatic carbocycles. The highest BCUT2D eigenvalue weighted by atomic mass is 79.9. The van der Waals surface area contributed by atoms with Crippen molar-refractivity contribution in [2.24, 2.45) is 0 Å². The zero-order valence-corrected chi connectivity index (χ0v) is 14.8. The molecule has 3 rings (SSSR count). The van der Waals surface area contributed by atoms with Gasteiger partial charge in [-0.2, -0.15) is 0 Å². The van der Waals surface area contributed by atoms with Crippen LogP contribution in [0.25, 0.3) is 10.8 Å². The van der Waals surface area contributed by atoms with Crippen molar-refractivity contribution in [2.45, 2.75) is 0 Å². The Morgan fingerprint density at radius 3 is 1.44 bits per heavy atom. The molecule has 0 saturated carbocycles. The van der Waals surface area contributed by atoms with Crippen molar-refractivity contribution in [3.63, 3.8) is 0 Å². The number of hydrogen-bond donors (Lipinski definition) is 0. The molecular weight excluding hydrogens is 496 g/mol. The standard InChI is InChI=1S/C12H2Br4O2/c13-5-1-3-7-4(12(18)11(3)17)2-6(14)10(16)8(7)9(5)15/h1-2H. The van der Waals surface area contributed by atoms with Gasteiger partial charge in [-0.25, -0.2) is 0 Å². The lowest BCUT2D eigenvalue weighted by atomic mass is 10.1. The predicted octanol–water partition coefficient (Wildman–Crippen LogP) is 5.27. The Bertz CT molecular complexity index is 704. The summed E-state index contributed by atoms with van der Waals surface area (Å²) in [5.74, 6) is -0.901. The second-order valence-electron chi connectivity index (χ2n) is 3.85. The van der Waals surface area contributed by atoms with Crippen LogP contribution in [0, 0.1) is 0 Å². The van der Waals surface area contributed by atoms with Crippen LogP contribution in [0.4, 0.5) is 0 Å². The van der Waals surface area contributed by atoms with Crippen molar-refractivity contribution in [3.05, 3.63) is 41.2 Å². The summed E-state index contributed by atoms with van der Waals surface area (Å²) in [7, 11) is 0. The third-order valence-corrected chi connectivity index (χ3v) is 6.85. The van der Waals surface area contributed by atoms with Crippen LogP contribution in [-0.4, -0.2) is 11.6 Å². The summed E-state index contributed by atoms with van der Waals surface area (Å²) in [5.41, 5.74) is 0.904. The van der Waals surface area contributed by atoms with E-state index in [1.807, 2.05) is 0 Å². The molecule has 2 aromatic carbocycles. The largest absolute Gasteiger partial charge is 0.285 e. The fourth-order valence-electron chi connectivity index (χ4n) is 2.10. The van der Waals surface area contributed by atoms with Crippen molar-refractivity contribution >= 4 is 86.1 Å². The van der Waals surface area contributed by atoms with Gasteiger partial charge in [-0.15, -0.1) is 0 Å². The average molecular weight is 498 g/mol. The first kappa shape index (κ1) is 13.0. The van der Waals surface area contributed by atoms with Crippen molar-refractivity contribution < 1.29 is 9.59 Å². The molecule has 0 amide bonds. The Morgan fingerprint density at radius 1 is 0.667 bits per heavy atom. The number of carbonyl (C=O) groups is 2. The topological polar surface area (TPSA) is 34.1 Å². The Labute approximate surface area is 136 Å². The lowest BCUT2D eigenvalue weighted by Gasteiger charge is -2.09. The number of Topliss-reactive ketones (excluding diaryl/α,β-unsaturated/α-hetero) is 2. The molecule has 90 valence electrons. The number of rotatable bonds is 0. The van der Waals surface area contributed by atoms with Gasteiger partial charge in [0.05, 0.1) is 0 Å². The number of carbonyl (C=O) groups excluding carboxylic acids is 2. The van der Waals surface area contributed by atoms with Crippen LogP contribution in [0.1, 0.15) is 20.7 Å². The van der Waals surface area contributed by atoms with E-state index in [4.69, 9.17) is 0 Å². The van der Waals surface area contributed by atoms with Crippen LogP contribution in [0.3, 0.4) is 0 Å². The second-order valence-corrected chi connectivity index (χ2v) is 7.14. The van der Waals surface area contributed by atoms with Gasteiger partial charge in [0.1, 0.15) is 0 Å². The summed E-state index contributed by atoms with van der Waals surface area (Å²) in [5, 5.41) is 1.53. The van der Waals surface area contributed by atoms with Crippen molar-refractivity contribution in [1.82, 2.24) is 0 Å². The quantitative estimate of drug-likeness (QED) is 0.465. The number of halogens is 4. The molecule has 2 nitrogen and oxygen atoms in total. The number of hydrogen-bond acceptors (Lipinski definition) is 2. The van der Waals surface area contributed by atoms with E-state index in [1.54, 1.807) is 12.1 Å². The van der Waals surface area contributed by atoms with E-state index < -0.39 is 11.6 Å². The minimum Gasteiger partial charge on any atom is -0.285 e. The second kappa shape index (κ2) is 4.23. The Kier molecular flexibility index (Phi) is 3.05. The van der Waals surface area contributed by atoms with Gasteiger partial charge in [-0.05, 0) is 75.9 Å². The molecule has 0 saturated heterocycles. The van der Waals surface area contributed by atoms with Crippen molar-refractivity contribution in [3.8, 4) is 0 Å². The maximum absolute atomic E-state index is 11.9. The molecule has 18 heavy (non-hydrogen) atoms. The number of benzene rings is 2. The van der Waals surface area contributed by atoms with Crippen molar-refractivity contribution in [1.29, 1.82) is 0 Å². The van der Waals surface area contributed by atoms with Gasteiger partial charge in [-0.3, -0.25) is 9.59 Å². The van der Waals surface area contributed by atoms with E-state index in [9.17, 15) is 9.59 Å². The number of ketones is 2.